The van der Waals surface area contributed by atoms with Crippen molar-refractivity contribution in [2.24, 2.45) is 0 Å². The van der Waals surface area contributed by atoms with E-state index in [-0.39, 0.29) is 5.69 Å². The minimum Gasteiger partial charge on any atom is -0.595 e. The van der Waals surface area contributed by atoms with Crippen LogP contribution in [-0.2, 0) is 0 Å². The molecule has 0 saturated heterocycles. The highest BCUT2D eigenvalue weighted by Crippen LogP contribution is 2.34. The second-order valence-electron chi connectivity index (χ2n) is 6.16. The quantitative estimate of drug-likeness (QED) is 0.302. The first kappa shape index (κ1) is 18.3. The topological polar surface area (TPSA) is 93.9 Å². The van der Waals surface area contributed by atoms with E-state index in [2.05, 4.69) is 15.8 Å². The van der Waals surface area contributed by atoms with Crippen molar-refractivity contribution in [3.8, 4) is 5.75 Å². The van der Waals surface area contributed by atoms with Crippen LogP contribution in [0.25, 0.3) is 21.8 Å². The molecule has 0 spiro atoms. The van der Waals surface area contributed by atoms with Crippen molar-refractivity contribution in [1.82, 2.24) is 4.98 Å². The molecule has 1 aromatic heterocycles. The van der Waals surface area contributed by atoms with Gasteiger partial charge in [-0.15, -0.1) is 0 Å². The van der Waals surface area contributed by atoms with Gasteiger partial charge in [0.15, 0.2) is 5.69 Å². The number of rotatable bonds is 5. The average molecular weight is 397 g/mol. The van der Waals surface area contributed by atoms with E-state index < -0.39 is 5.23 Å². The lowest BCUT2D eigenvalue weighted by molar-refractivity contribution is -0.991. The van der Waals surface area contributed by atoms with Crippen LogP contribution < -0.4 is 20.8 Å². The first-order chi connectivity index (χ1) is 13.5. The summed E-state index contributed by atoms with van der Waals surface area (Å²) in [6.07, 6.45) is 0. The highest BCUT2D eigenvalue weighted by Gasteiger charge is 2.12. The van der Waals surface area contributed by atoms with E-state index in [1.807, 2.05) is 30.3 Å². The van der Waals surface area contributed by atoms with Gasteiger partial charge >= 0.3 is 0 Å². The van der Waals surface area contributed by atoms with Crippen LogP contribution in [0.15, 0.2) is 60.7 Å². The van der Waals surface area contributed by atoms with Crippen LogP contribution in [0, 0.1) is 5.21 Å². The van der Waals surface area contributed by atoms with Crippen LogP contribution in [0.1, 0.15) is 0 Å². The fourth-order valence-electron chi connectivity index (χ4n) is 2.99. The molecule has 4 N–H and O–H groups in total. The highest BCUT2D eigenvalue weighted by atomic mass is 35.5. The summed E-state index contributed by atoms with van der Waals surface area (Å²) in [7, 11) is 1.61. The van der Waals surface area contributed by atoms with Gasteiger partial charge in [0.25, 0.3) is 0 Å². The van der Waals surface area contributed by atoms with Gasteiger partial charge in [0.2, 0.25) is 0 Å². The van der Waals surface area contributed by atoms with Gasteiger partial charge in [0.1, 0.15) is 5.75 Å². The van der Waals surface area contributed by atoms with Crippen LogP contribution in [-0.4, -0.2) is 17.3 Å². The third-order valence-electron chi connectivity index (χ3n) is 4.40. The molecule has 142 valence electrons. The lowest BCUT2D eigenvalue weighted by Gasteiger charge is -2.17. The second kappa shape index (κ2) is 7.49. The van der Waals surface area contributed by atoms with Gasteiger partial charge in [-0.05, 0) is 48.5 Å². The third kappa shape index (κ3) is 3.51. The van der Waals surface area contributed by atoms with Crippen molar-refractivity contribution < 1.29 is 15.2 Å². The predicted molar refractivity (Wildman–Crippen MR) is 110 cm³/mol. The molecular weight excluding hydrogens is 380 g/mol. The van der Waals surface area contributed by atoms with Gasteiger partial charge in [-0.25, -0.2) is 10.2 Å². The molecule has 0 aliphatic heterocycles. The summed E-state index contributed by atoms with van der Waals surface area (Å²) >= 11 is 5.94. The molecule has 8 heteroatoms. The molecule has 7 nitrogen and oxygen atoms in total. The summed E-state index contributed by atoms with van der Waals surface area (Å²) in [6, 6.07) is 17.7. The number of methoxy groups -OCH3 is 1. The Morgan fingerprint density at radius 1 is 0.964 bits per heavy atom. The van der Waals surface area contributed by atoms with E-state index in [0.29, 0.717) is 16.3 Å². The monoisotopic (exact) mass is 396 g/mol. The first-order valence-corrected chi connectivity index (χ1v) is 8.85. The Labute approximate surface area is 165 Å². The number of nitrogens with zero attached hydrogens (tertiary/aromatic N) is 1. The maximum atomic E-state index is 11.3. The number of hydrogen-bond donors (Lipinski definition) is 4. The number of hydrazine groups is 1. The van der Waals surface area contributed by atoms with Gasteiger partial charge in [-0.2, -0.15) is 5.23 Å². The smallest absolute Gasteiger partial charge is 0.165 e. The zero-order chi connectivity index (χ0) is 19.7. The van der Waals surface area contributed by atoms with Crippen molar-refractivity contribution in [3.05, 3.63) is 70.9 Å². The maximum absolute atomic E-state index is 11.3. The highest BCUT2D eigenvalue weighted by molar-refractivity contribution is 6.30. The SMILES string of the molecule is COc1ccc2nc3cc([NH+]([O-])O)ccc3c(NNc3ccc(Cl)cc3)c2c1. The number of halogens is 1. The number of pyridine rings is 1. The van der Waals surface area contributed by atoms with Crippen molar-refractivity contribution in [1.29, 1.82) is 0 Å². The molecule has 4 aromatic rings. The number of hydrogen-bond acceptors (Lipinski definition) is 6. The van der Waals surface area contributed by atoms with Gasteiger partial charge in [0, 0.05) is 27.9 Å². The summed E-state index contributed by atoms with van der Waals surface area (Å²) in [6.45, 7) is 0. The van der Waals surface area contributed by atoms with Crippen molar-refractivity contribution >= 4 is 50.5 Å². The summed E-state index contributed by atoms with van der Waals surface area (Å²) in [5, 5.41) is 21.9. The minimum atomic E-state index is -0.993. The predicted octanol–water partition coefficient (Wildman–Crippen LogP) is 3.89. The number of aromatic nitrogens is 1. The molecule has 0 aliphatic rings. The Morgan fingerprint density at radius 3 is 2.46 bits per heavy atom. The zero-order valence-electron chi connectivity index (χ0n) is 14.9. The molecule has 3 aromatic carbocycles. The normalized spacial score (nSPS) is 12.1. The minimum absolute atomic E-state index is 0.185. The van der Waals surface area contributed by atoms with Crippen molar-refractivity contribution in [3.63, 3.8) is 0 Å². The fraction of sp³-hybridized carbons (Fsp3) is 0.0500. The Kier molecular flexibility index (Phi) is 4.89. The van der Waals surface area contributed by atoms with E-state index in [9.17, 15) is 10.4 Å². The van der Waals surface area contributed by atoms with Gasteiger partial charge < -0.3 is 15.4 Å². The molecule has 0 fully saturated rings. The zero-order valence-corrected chi connectivity index (χ0v) is 15.6. The van der Waals surface area contributed by atoms with E-state index in [0.717, 1.165) is 27.7 Å². The van der Waals surface area contributed by atoms with Crippen LogP contribution in [0.5, 0.6) is 5.75 Å². The van der Waals surface area contributed by atoms with Crippen LogP contribution >= 0.6 is 11.6 Å². The largest absolute Gasteiger partial charge is 0.595 e. The molecule has 0 radical (unpaired) electrons. The molecule has 0 bridgehead atoms. The molecule has 1 unspecified atom stereocenters. The number of benzene rings is 3. The number of quaternary nitrogens is 1. The maximum Gasteiger partial charge on any atom is 0.165 e. The Bertz CT molecular complexity index is 1150. The van der Waals surface area contributed by atoms with E-state index in [4.69, 9.17) is 16.3 Å². The Balaban J connectivity index is 1.86. The van der Waals surface area contributed by atoms with Crippen LogP contribution in [0.4, 0.5) is 17.1 Å². The molecule has 1 atom stereocenters. The van der Waals surface area contributed by atoms with E-state index in [1.165, 1.54) is 0 Å². The number of nitrogens with one attached hydrogen (secondary N) is 3. The lowest BCUT2D eigenvalue weighted by Crippen LogP contribution is -2.99. The summed E-state index contributed by atoms with van der Waals surface area (Å²) in [5.41, 5.74) is 9.46. The molecule has 4 rings (SSSR count). The third-order valence-corrected chi connectivity index (χ3v) is 4.66. The Hall–Kier alpha value is -3.10. The average Bonchev–Trinajstić information content (AvgIpc) is 2.71. The van der Waals surface area contributed by atoms with Gasteiger partial charge in [0.05, 0.1) is 29.5 Å². The van der Waals surface area contributed by atoms with Crippen molar-refractivity contribution in [2.45, 2.75) is 0 Å². The fourth-order valence-corrected chi connectivity index (χ4v) is 3.11. The van der Waals surface area contributed by atoms with Crippen LogP contribution in [0.2, 0.25) is 5.02 Å². The molecule has 0 amide bonds. The first-order valence-electron chi connectivity index (χ1n) is 8.47. The molecular formula is C20H17ClN4O3. The van der Waals surface area contributed by atoms with Gasteiger partial charge in [-0.3, -0.25) is 5.43 Å². The van der Waals surface area contributed by atoms with Crippen LogP contribution in [0.3, 0.4) is 0 Å². The molecule has 0 aliphatic carbocycles. The number of anilines is 2. The summed E-state index contributed by atoms with van der Waals surface area (Å²) < 4.78 is 5.35. The Morgan fingerprint density at radius 2 is 1.75 bits per heavy atom. The second-order valence-corrected chi connectivity index (χ2v) is 6.60. The van der Waals surface area contributed by atoms with Crippen molar-refractivity contribution in [2.75, 3.05) is 18.0 Å². The summed E-state index contributed by atoms with van der Waals surface area (Å²) in [5.74, 6) is 0.699. The molecule has 1 heterocycles. The lowest BCUT2D eigenvalue weighted by atomic mass is 10.1. The standard InChI is InChI=1S/C20H17ClN4O3/c1-28-15-7-9-18-17(11-15)20(24-23-13-4-2-12(21)3-5-13)16-8-6-14(25(26)27)10-19(16)22-18/h2-11,23,25-26H,1H3,(H,22,24). The number of fused-ring (bicyclic) bond motifs is 2. The molecule has 28 heavy (non-hydrogen) atoms. The van der Waals surface area contributed by atoms with E-state index >= 15 is 0 Å². The van der Waals surface area contributed by atoms with E-state index in [1.54, 1.807) is 37.4 Å². The summed E-state index contributed by atoms with van der Waals surface area (Å²) in [4.78, 5) is 4.62. The molecule has 0 saturated carbocycles. The number of ether oxygens (including phenoxy) is 1. The van der Waals surface area contributed by atoms with Gasteiger partial charge in [-0.1, -0.05) is 11.6 Å².